The number of aliphatic imine (C=N–C) groups is 1. The number of hydrogen-bond acceptors (Lipinski definition) is 6. The first kappa shape index (κ1) is 17.4. The minimum Gasteiger partial charge on any atom is -0.454 e. The van der Waals surface area contributed by atoms with Crippen molar-refractivity contribution in [3.63, 3.8) is 0 Å². The van der Waals surface area contributed by atoms with Crippen LogP contribution in [0, 0.1) is 0 Å². The van der Waals surface area contributed by atoms with E-state index < -0.39 is 11.2 Å². The van der Waals surface area contributed by atoms with Crippen LogP contribution in [0.2, 0.25) is 0 Å². The van der Waals surface area contributed by atoms with Crippen molar-refractivity contribution in [1.82, 2.24) is 4.90 Å². The van der Waals surface area contributed by atoms with Crippen LogP contribution in [0.15, 0.2) is 53.5 Å². The van der Waals surface area contributed by atoms with E-state index in [0.717, 1.165) is 5.56 Å². The molecule has 2 aromatic rings. The molecule has 0 aliphatic carbocycles. The molecule has 1 saturated heterocycles. The summed E-state index contributed by atoms with van der Waals surface area (Å²) in [7, 11) is 0. The number of nitrogens with zero attached hydrogens (tertiary/aromatic N) is 2. The van der Waals surface area contributed by atoms with Crippen molar-refractivity contribution in [2.45, 2.75) is 18.2 Å². The summed E-state index contributed by atoms with van der Waals surface area (Å²) >= 11 is 1.22. The summed E-state index contributed by atoms with van der Waals surface area (Å²) in [6, 6.07) is 14.8. The van der Waals surface area contributed by atoms with Gasteiger partial charge in [-0.15, -0.1) is 0 Å². The molecule has 0 saturated carbocycles. The Hall–Kier alpha value is -3.00. The van der Waals surface area contributed by atoms with Gasteiger partial charge in [-0.2, -0.15) is 0 Å². The average molecular weight is 383 g/mol. The summed E-state index contributed by atoms with van der Waals surface area (Å²) < 4.78 is 10.7. The lowest BCUT2D eigenvalue weighted by molar-refractivity contribution is -0.130. The van der Waals surface area contributed by atoms with Gasteiger partial charge >= 0.3 is 0 Å². The van der Waals surface area contributed by atoms with Crippen LogP contribution in [-0.2, 0) is 16.1 Å². The van der Waals surface area contributed by atoms with Crippen LogP contribution in [0.4, 0.5) is 5.69 Å². The molecule has 7 nitrogen and oxygen atoms in total. The summed E-state index contributed by atoms with van der Waals surface area (Å²) in [5, 5.41) is -0.160. The molecule has 0 bridgehead atoms. The van der Waals surface area contributed by atoms with E-state index >= 15 is 0 Å². The van der Waals surface area contributed by atoms with Crippen LogP contribution in [0.5, 0.6) is 11.5 Å². The monoisotopic (exact) mass is 383 g/mol. The largest absolute Gasteiger partial charge is 0.454 e. The Labute approximate surface area is 160 Å². The highest BCUT2D eigenvalue weighted by Crippen LogP contribution is 2.34. The first-order valence-electron chi connectivity index (χ1n) is 8.39. The zero-order valence-electron chi connectivity index (χ0n) is 14.3. The molecule has 2 heterocycles. The average Bonchev–Trinajstić information content (AvgIpc) is 3.13. The molecule has 0 unspecified atom stereocenters. The fourth-order valence-electron chi connectivity index (χ4n) is 2.84. The number of fused-ring (bicyclic) bond motifs is 1. The Morgan fingerprint density at radius 2 is 1.96 bits per heavy atom. The van der Waals surface area contributed by atoms with Crippen molar-refractivity contribution >= 4 is 34.4 Å². The van der Waals surface area contributed by atoms with Crippen molar-refractivity contribution in [1.29, 1.82) is 0 Å². The fourth-order valence-corrected chi connectivity index (χ4v) is 3.89. The topological polar surface area (TPSA) is 94.2 Å². The first-order valence-corrected chi connectivity index (χ1v) is 9.27. The van der Waals surface area contributed by atoms with Crippen LogP contribution < -0.4 is 15.2 Å². The van der Waals surface area contributed by atoms with Crippen molar-refractivity contribution in [3.05, 3.63) is 54.1 Å². The zero-order chi connectivity index (χ0) is 18.8. The number of nitrogens with two attached hydrogens (primary N) is 1. The standard InChI is InChI=1S/C19H17N3O4S/c20-18(24)16-9-17(23)22(19(27-16)21-13-4-2-1-3-5-13)10-12-6-7-14-15(8-12)26-11-25-14/h1-8,16H,9-11H2,(H2,20,24)/t16-/m0/s1. The van der Waals surface area contributed by atoms with E-state index in [9.17, 15) is 9.59 Å². The van der Waals surface area contributed by atoms with Crippen molar-refractivity contribution in [2.24, 2.45) is 10.7 Å². The molecule has 2 aliphatic heterocycles. The summed E-state index contributed by atoms with van der Waals surface area (Å²) in [4.78, 5) is 30.5. The maximum Gasteiger partial charge on any atom is 0.231 e. The van der Waals surface area contributed by atoms with Gasteiger partial charge in [-0.25, -0.2) is 4.99 Å². The van der Waals surface area contributed by atoms with Crippen LogP contribution in [0.3, 0.4) is 0 Å². The first-order chi connectivity index (χ1) is 13.1. The quantitative estimate of drug-likeness (QED) is 0.875. The minimum absolute atomic E-state index is 0.0539. The summed E-state index contributed by atoms with van der Waals surface area (Å²) in [6.45, 7) is 0.512. The number of amides is 2. The molecular formula is C19H17N3O4S. The van der Waals surface area contributed by atoms with Crippen molar-refractivity contribution in [3.8, 4) is 11.5 Å². The molecule has 2 N–H and O–H groups in total. The van der Waals surface area contributed by atoms with Crippen molar-refractivity contribution < 1.29 is 19.1 Å². The third-order valence-electron chi connectivity index (χ3n) is 4.22. The number of rotatable bonds is 4. The third kappa shape index (κ3) is 3.75. The Morgan fingerprint density at radius 3 is 2.74 bits per heavy atom. The summed E-state index contributed by atoms with van der Waals surface area (Å²) in [5.41, 5.74) is 7.01. The van der Waals surface area contributed by atoms with E-state index in [1.165, 1.54) is 11.8 Å². The minimum atomic E-state index is -0.618. The van der Waals surface area contributed by atoms with E-state index in [0.29, 0.717) is 28.9 Å². The molecule has 27 heavy (non-hydrogen) atoms. The highest BCUT2D eigenvalue weighted by molar-refractivity contribution is 8.15. The molecular weight excluding hydrogens is 366 g/mol. The number of primary amides is 1. The summed E-state index contributed by atoms with van der Waals surface area (Å²) in [5.74, 6) is 0.632. The SMILES string of the molecule is NC(=O)[C@@H]1CC(=O)N(Cc2ccc3c(c2)OCO3)C(=Nc2ccccc2)S1. The Morgan fingerprint density at radius 1 is 1.19 bits per heavy atom. The number of carbonyl (C=O) groups is 2. The van der Waals surface area contributed by atoms with E-state index in [1.807, 2.05) is 48.5 Å². The normalized spacial score (nSPS) is 20.1. The predicted octanol–water partition coefficient (Wildman–Crippen LogP) is 2.42. The smallest absolute Gasteiger partial charge is 0.231 e. The molecule has 2 amide bonds. The van der Waals surface area contributed by atoms with E-state index in [4.69, 9.17) is 15.2 Å². The fraction of sp³-hybridized carbons (Fsp3) is 0.211. The number of carbonyl (C=O) groups excluding carboxylic acids is 2. The molecule has 4 rings (SSSR count). The van der Waals surface area contributed by atoms with Gasteiger partial charge in [0.2, 0.25) is 18.6 Å². The van der Waals surface area contributed by atoms with Gasteiger partial charge in [0.1, 0.15) is 0 Å². The predicted molar refractivity (Wildman–Crippen MR) is 102 cm³/mol. The number of para-hydroxylation sites is 1. The Balaban J connectivity index is 1.64. The van der Waals surface area contributed by atoms with Crippen LogP contribution in [-0.4, -0.2) is 33.9 Å². The second-order valence-electron chi connectivity index (χ2n) is 6.11. The molecule has 2 aromatic carbocycles. The lowest BCUT2D eigenvalue weighted by Crippen LogP contribution is -2.45. The zero-order valence-corrected chi connectivity index (χ0v) is 15.1. The Bertz CT molecular complexity index is 916. The van der Waals surface area contributed by atoms with E-state index in [-0.39, 0.29) is 19.1 Å². The number of thioether (sulfide) groups is 1. The van der Waals surface area contributed by atoms with Crippen LogP contribution in [0.1, 0.15) is 12.0 Å². The third-order valence-corrected chi connectivity index (χ3v) is 5.42. The number of amidine groups is 1. The molecule has 138 valence electrons. The van der Waals surface area contributed by atoms with Gasteiger partial charge in [-0.1, -0.05) is 36.0 Å². The van der Waals surface area contributed by atoms with Crippen LogP contribution >= 0.6 is 11.8 Å². The molecule has 2 aliphatic rings. The Kier molecular flexibility index (Phi) is 4.72. The van der Waals surface area contributed by atoms with Crippen LogP contribution in [0.25, 0.3) is 0 Å². The number of benzene rings is 2. The molecule has 8 heteroatoms. The van der Waals surface area contributed by atoms with Gasteiger partial charge in [-0.3, -0.25) is 14.5 Å². The van der Waals surface area contributed by atoms with Crippen molar-refractivity contribution in [2.75, 3.05) is 6.79 Å². The number of ether oxygens (including phenoxy) is 2. The van der Waals surface area contributed by atoms with Gasteiger partial charge in [0.05, 0.1) is 17.5 Å². The molecule has 0 aromatic heterocycles. The van der Waals surface area contributed by atoms with E-state index in [1.54, 1.807) is 4.90 Å². The van der Waals surface area contributed by atoms with Gasteiger partial charge in [-0.05, 0) is 29.8 Å². The van der Waals surface area contributed by atoms with Gasteiger partial charge in [0.25, 0.3) is 0 Å². The van der Waals surface area contributed by atoms with Gasteiger partial charge < -0.3 is 15.2 Å². The molecule has 0 radical (unpaired) electrons. The molecule has 1 fully saturated rings. The maximum absolute atomic E-state index is 12.7. The van der Waals surface area contributed by atoms with Gasteiger partial charge in [0, 0.05) is 6.42 Å². The highest BCUT2D eigenvalue weighted by atomic mass is 32.2. The summed E-state index contributed by atoms with van der Waals surface area (Å²) in [6.07, 6.45) is 0.0539. The maximum atomic E-state index is 12.7. The molecule has 0 spiro atoms. The second kappa shape index (κ2) is 7.32. The lowest BCUT2D eigenvalue weighted by Gasteiger charge is -2.31. The van der Waals surface area contributed by atoms with Gasteiger partial charge in [0.15, 0.2) is 16.7 Å². The molecule has 1 atom stereocenters. The van der Waals surface area contributed by atoms with E-state index in [2.05, 4.69) is 4.99 Å². The highest BCUT2D eigenvalue weighted by Gasteiger charge is 2.35. The second-order valence-corrected chi connectivity index (χ2v) is 7.28. The number of hydrogen-bond donors (Lipinski definition) is 1. The lowest BCUT2D eigenvalue weighted by atomic mass is 10.1.